The van der Waals surface area contributed by atoms with E-state index in [0.29, 0.717) is 0 Å². The summed E-state index contributed by atoms with van der Waals surface area (Å²) in [5.41, 5.74) is 2.27. The van der Waals surface area contributed by atoms with Crippen molar-refractivity contribution in [3.05, 3.63) is 35.4 Å². The lowest BCUT2D eigenvalue weighted by atomic mass is 10.2. The van der Waals surface area contributed by atoms with Crippen LogP contribution in [0.2, 0.25) is 0 Å². The molecule has 1 rings (SSSR count). The fourth-order valence-electron chi connectivity index (χ4n) is 1.10. The van der Waals surface area contributed by atoms with E-state index in [2.05, 4.69) is 0 Å². The average molecular weight is 254 g/mol. The van der Waals surface area contributed by atoms with Crippen molar-refractivity contribution >= 4 is 33.8 Å². The van der Waals surface area contributed by atoms with Crippen LogP contribution in [0.1, 0.15) is 25.0 Å². The third-order valence-corrected chi connectivity index (χ3v) is 3.68. The second-order valence-corrected chi connectivity index (χ2v) is 5.68. The number of carbonyl (C=O) groups excluding carboxylic acids is 2. The first kappa shape index (κ1) is 13.3. The topological polar surface area (TPSA) is 34.1 Å². The van der Waals surface area contributed by atoms with Crippen molar-refractivity contribution in [2.24, 2.45) is 0 Å². The lowest BCUT2D eigenvalue weighted by Gasteiger charge is -2.02. The van der Waals surface area contributed by atoms with Crippen LogP contribution in [0.4, 0.5) is 0 Å². The predicted octanol–water partition coefficient (Wildman–Crippen LogP) is 3.25. The van der Waals surface area contributed by atoms with Crippen molar-refractivity contribution in [3.8, 4) is 0 Å². The van der Waals surface area contributed by atoms with E-state index >= 15 is 0 Å². The Bertz CT molecular complexity index is 334. The molecule has 86 valence electrons. The lowest BCUT2D eigenvalue weighted by Crippen LogP contribution is -1.88. The van der Waals surface area contributed by atoms with Crippen LogP contribution in [0.3, 0.4) is 0 Å². The smallest absolute Gasteiger partial charge is 0.186 e. The molecule has 0 saturated heterocycles. The molecule has 0 heterocycles. The van der Waals surface area contributed by atoms with Gasteiger partial charge in [-0.3, -0.25) is 9.59 Å². The molecule has 0 aliphatic heterocycles. The molecule has 0 atom stereocenters. The summed E-state index contributed by atoms with van der Waals surface area (Å²) in [6.07, 6.45) is 0. The molecule has 0 spiro atoms. The van der Waals surface area contributed by atoms with Crippen molar-refractivity contribution in [1.82, 2.24) is 0 Å². The molecule has 16 heavy (non-hydrogen) atoms. The second kappa shape index (κ2) is 6.76. The summed E-state index contributed by atoms with van der Waals surface area (Å²) in [6, 6.07) is 8.02. The first-order chi connectivity index (χ1) is 7.58. The van der Waals surface area contributed by atoms with Gasteiger partial charge in [-0.25, -0.2) is 0 Å². The summed E-state index contributed by atoms with van der Waals surface area (Å²) in [6.45, 7) is 3.14. The number of benzene rings is 1. The quantitative estimate of drug-likeness (QED) is 0.826. The van der Waals surface area contributed by atoms with Gasteiger partial charge in [0.1, 0.15) is 0 Å². The molecule has 0 N–H and O–H groups in total. The van der Waals surface area contributed by atoms with Gasteiger partial charge in [-0.15, -0.1) is 0 Å². The summed E-state index contributed by atoms with van der Waals surface area (Å²) in [5.74, 6) is 1.44. The zero-order valence-corrected chi connectivity index (χ0v) is 11.0. The summed E-state index contributed by atoms with van der Waals surface area (Å²) >= 11 is 2.62. The third-order valence-electron chi connectivity index (χ3n) is 1.91. The molecule has 0 saturated carbocycles. The molecule has 0 unspecified atom stereocenters. The minimum Gasteiger partial charge on any atom is -0.288 e. The standard InChI is InChI=1S/C12H14O2S2/c1-9(13)15-7-11-3-5-12(6-4-11)8-16-10(2)14/h3-6H,7-8H2,1-2H3. The average Bonchev–Trinajstić information content (AvgIpc) is 2.25. The Morgan fingerprint density at radius 1 is 0.875 bits per heavy atom. The molecule has 0 aliphatic carbocycles. The number of rotatable bonds is 4. The number of carbonyl (C=O) groups is 2. The van der Waals surface area contributed by atoms with E-state index in [1.54, 1.807) is 13.8 Å². The van der Waals surface area contributed by atoms with Crippen LogP contribution >= 0.6 is 23.5 Å². The molecule has 4 heteroatoms. The first-order valence-electron chi connectivity index (χ1n) is 4.92. The van der Waals surface area contributed by atoms with Crippen molar-refractivity contribution < 1.29 is 9.59 Å². The molecule has 0 fully saturated rings. The normalized spacial score (nSPS) is 10.1. The van der Waals surface area contributed by atoms with Gasteiger partial charge >= 0.3 is 0 Å². The molecule has 0 aliphatic rings. The maximum absolute atomic E-state index is 10.8. The molecule has 0 amide bonds. The Kier molecular flexibility index (Phi) is 5.63. The van der Waals surface area contributed by atoms with Crippen molar-refractivity contribution in [2.75, 3.05) is 0 Å². The lowest BCUT2D eigenvalue weighted by molar-refractivity contribution is -0.109. The van der Waals surface area contributed by atoms with Crippen LogP contribution in [0, 0.1) is 0 Å². The van der Waals surface area contributed by atoms with E-state index < -0.39 is 0 Å². The number of hydrogen-bond donors (Lipinski definition) is 0. The summed E-state index contributed by atoms with van der Waals surface area (Å²) in [4.78, 5) is 21.6. The van der Waals surface area contributed by atoms with Gasteiger partial charge < -0.3 is 0 Å². The Balaban J connectivity index is 2.47. The van der Waals surface area contributed by atoms with Gasteiger partial charge in [-0.1, -0.05) is 47.8 Å². The van der Waals surface area contributed by atoms with Gasteiger partial charge in [0, 0.05) is 25.4 Å². The van der Waals surface area contributed by atoms with Gasteiger partial charge in [0.2, 0.25) is 0 Å². The summed E-state index contributed by atoms with van der Waals surface area (Å²) < 4.78 is 0. The van der Waals surface area contributed by atoms with Gasteiger partial charge in [0.25, 0.3) is 0 Å². The highest BCUT2D eigenvalue weighted by molar-refractivity contribution is 8.13. The maximum Gasteiger partial charge on any atom is 0.186 e. The second-order valence-electron chi connectivity index (χ2n) is 3.38. The highest BCUT2D eigenvalue weighted by atomic mass is 32.2. The van der Waals surface area contributed by atoms with Crippen molar-refractivity contribution in [1.29, 1.82) is 0 Å². The number of hydrogen-bond acceptors (Lipinski definition) is 4. The minimum absolute atomic E-state index is 0.135. The van der Waals surface area contributed by atoms with E-state index in [4.69, 9.17) is 0 Å². The molecular formula is C12H14O2S2. The minimum atomic E-state index is 0.135. The van der Waals surface area contributed by atoms with Gasteiger partial charge in [0.15, 0.2) is 10.2 Å². The fourth-order valence-corrected chi connectivity index (χ4v) is 2.23. The largest absolute Gasteiger partial charge is 0.288 e. The summed E-state index contributed by atoms with van der Waals surface area (Å²) in [7, 11) is 0. The maximum atomic E-state index is 10.8. The Labute approximate surface area is 104 Å². The molecule has 1 aromatic rings. The van der Waals surface area contributed by atoms with Crippen LogP contribution in [-0.4, -0.2) is 10.2 Å². The molecular weight excluding hydrogens is 240 g/mol. The zero-order chi connectivity index (χ0) is 12.0. The van der Waals surface area contributed by atoms with Crippen LogP contribution in [0.15, 0.2) is 24.3 Å². The van der Waals surface area contributed by atoms with Crippen LogP contribution in [-0.2, 0) is 21.1 Å². The molecule has 0 aromatic heterocycles. The van der Waals surface area contributed by atoms with Crippen molar-refractivity contribution in [3.63, 3.8) is 0 Å². The molecule has 2 nitrogen and oxygen atoms in total. The predicted molar refractivity (Wildman–Crippen MR) is 70.4 cm³/mol. The van der Waals surface area contributed by atoms with E-state index in [0.717, 1.165) is 22.6 Å². The van der Waals surface area contributed by atoms with Crippen LogP contribution in [0.25, 0.3) is 0 Å². The fraction of sp³-hybridized carbons (Fsp3) is 0.333. The Morgan fingerprint density at radius 2 is 1.19 bits per heavy atom. The monoisotopic (exact) mass is 254 g/mol. The first-order valence-corrected chi connectivity index (χ1v) is 6.89. The van der Waals surface area contributed by atoms with Crippen LogP contribution < -0.4 is 0 Å². The van der Waals surface area contributed by atoms with E-state index in [-0.39, 0.29) is 10.2 Å². The Morgan fingerprint density at radius 3 is 1.44 bits per heavy atom. The van der Waals surface area contributed by atoms with Gasteiger partial charge in [0.05, 0.1) is 0 Å². The van der Waals surface area contributed by atoms with Gasteiger partial charge in [-0.2, -0.15) is 0 Å². The van der Waals surface area contributed by atoms with Gasteiger partial charge in [-0.05, 0) is 11.1 Å². The van der Waals surface area contributed by atoms with Crippen LogP contribution in [0.5, 0.6) is 0 Å². The highest BCUT2D eigenvalue weighted by Crippen LogP contribution is 2.17. The molecule has 0 bridgehead atoms. The van der Waals surface area contributed by atoms with E-state index in [1.807, 2.05) is 24.3 Å². The number of thioether (sulfide) groups is 2. The Hall–Kier alpha value is -0.740. The van der Waals surface area contributed by atoms with Crippen molar-refractivity contribution in [2.45, 2.75) is 25.4 Å². The van der Waals surface area contributed by atoms with E-state index in [9.17, 15) is 9.59 Å². The zero-order valence-electron chi connectivity index (χ0n) is 9.36. The SMILES string of the molecule is CC(=O)SCc1ccc(CSC(C)=O)cc1. The van der Waals surface area contributed by atoms with E-state index in [1.165, 1.54) is 23.5 Å². The summed E-state index contributed by atoms with van der Waals surface area (Å²) in [5, 5.41) is 0.271. The molecule has 1 aromatic carbocycles. The third kappa shape index (κ3) is 5.37. The highest BCUT2D eigenvalue weighted by Gasteiger charge is 1.99. The molecule has 0 radical (unpaired) electrons.